The lowest BCUT2D eigenvalue weighted by Gasteiger charge is -2.27. The number of ether oxygens (including phenoxy) is 7. The second kappa shape index (κ2) is 49.5. The van der Waals surface area contributed by atoms with E-state index in [4.69, 9.17) is 28.4 Å². The molecule has 24 nitrogen and oxygen atoms in total. The number of alkyl carbamates (subject to hydrolysis) is 3. The molecule has 596 valence electrons. The summed E-state index contributed by atoms with van der Waals surface area (Å²) in [5.74, 6) is -1.89. The maximum Gasteiger partial charge on any atom is 0.407 e. The van der Waals surface area contributed by atoms with Gasteiger partial charge in [0.1, 0.15) is 0 Å². The summed E-state index contributed by atoms with van der Waals surface area (Å²) in [6.07, 6.45) is 18.7. The zero-order valence-corrected chi connectivity index (χ0v) is 65.4. The first-order valence-corrected chi connectivity index (χ1v) is 36.2. The van der Waals surface area contributed by atoms with Crippen LogP contribution in [0, 0.1) is 0 Å². The number of nitrogens with zero attached hydrogens (tertiary/aromatic N) is 2. The van der Waals surface area contributed by atoms with Gasteiger partial charge in [0, 0.05) is 68.6 Å². The summed E-state index contributed by atoms with van der Waals surface area (Å²) in [6.45, 7) is 36.8. The van der Waals surface area contributed by atoms with Crippen molar-refractivity contribution in [2.24, 2.45) is 0 Å². The SMILES string of the molecule is C.C=C(C)c1cccc(C(C)(C)NC(=O)OCCCCCN2C(=O)C=CC2=O)c1.C=C(C)c1cccc(C(C)(C)NC(=O)OCCCCCNC(=O)/C=C\C(=O)OC)c1.C=CC(=O)OCCCCOC(=O)NC(C)(C)c1cccc(C(=C)C)c1.CC=Cc1ccc(OC(=O)CCCCCN2C(=O)C=CC2=O)c(OC)c1. The summed E-state index contributed by atoms with van der Waals surface area (Å²) >= 11 is 0. The molecular weight excluding hydrogens is 1400 g/mol. The van der Waals surface area contributed by atoms with Crippen LogP contribution < -0.4 is 30.7 Å². The van der Waals surface area contributed by atoms with Crippen LogP contribution in [0.4, 0.5) is 14.4 Å². The molecule has 110 heavy (non-hydrogen) atoms. The van der Waals surface area contributed by atoms with Gasteiger partial charge in [0.25, 0.3) is 23.6 Å². The molecule has 24 heteroatoms. The van der Waals surface area contributed by atoms with Gasteiger partial charge in [-0.15, -0.1) is 0 Å². The molecule has 2 aliphatic rings. The average Bonchev–Trinajstić information content (AvgIpc) is 1.04. The number of unbranched alkanes of at least 4 members (excludes halogenated alkanes) is 7. The Hall–Kier alpha value is -11.4. The van der Waals surface area contributed by atoms with Gasteiger partial charge in [-0.05, 0) is 203 Å². The number of hydrogen-bond acceptors (Lipinski definition) is 18. The Morgan fingerprint density at radius 1 is 0.473 bits per heavy atom. The molecule has 4 aromatic rings. The van der Waals surface area contributed by atoms with Crippen molar-refractivity contribution >= 4 is 88.5 Å². The minimum atomic E-state index is -0.579. The number of benzene rings is 4. The molecule has 2 aliphatic heterocycles. The smallest absolute Gasteiger partial charge is 0.407 e. The van der Waals surface area contributed by atoms with Crippen molar-refractivity contribution in [1.29, 1.82) is 0 Å². The number of carbonyl (C=O) groups excluding carboxylic acids is 11. The fourth-order valence-corrected chi connectivity index (χ4v) is 10.2. The van der Waals surface area contributed by atoms with E-state index < -0.39 is 46.8 Å². The lowest BCUT2D eigenvalue weighted by atomic mass is 9.92. The number of rotatable bonds is 38. The number of methoxy groups -OCH3 is 2. The average molecular weight is 1520 g/mol. The highest BCUT2D eigenvalue weighted by atomic mass is 16.6. The predicted octanol–water partition coefficient (Wildman–Crippen LogP) is 15.4. The van der Waals surface area contributed by atoms with Crippen LogP contribution in [0.1, 0.15) is 193 Å². The van der Waals surface area contributed by atoms with Gasteiger partial charge in [0.15, 0.2) is 11.5 Å². The quantitative estimate of drug-likeness (QED) is 0.00809. The first-order valence-electron chi connectivity index (χ1n) is 36.2. The number of nitrogens with one attached hydrogen (secondary N) is 4. The largest absolute Gasteiger partial charge is 0.493 e. The molecule has 8 amide bonds. The summed E-state index contributed by atoms with van der Waals surface area (Å²) in [6, 6.07) is 29.1. The summed E-state index contributed by atoms with van der Waals surface area (Å²) in [5.41, 5.74) is 8.15. The monoisotopic (exact) mass is 1520 g/mol. The zero-order chi connectivity index (χ0) is 81.1. The molecule has 0 spiro atoms. The molecule has 0 bridgehead atoms. The first kappa shape index (κ1) is 94.6. The number of esters is 3. The molecule has 4 aromatic carbocycles. The maximum atomic E-state index is 12.1. The molecule has 2 heterocycles. The van der Waals surface area contributed by atoms with Crippen LogP contribution in [0.25, 0.3) is 22.8 Å². The second-order valence-electron chi connectivity index (χ2n) is 27.1. The van der Waals surface area contributed by atoms with Crippen molar-refractivity contribution in [1.82, 2.24) is 31.1 Å². The third kappa shape index (κ3) is 36.0. The highest BCUT2D eigenvalue weighted by molar-refractivity contribution is 6.13. The van der Waals surface area contributed by atoms with Crippen LogP contribution >= 0.6 is 0 Å². The van der Waals surface area contributed by atoms with E-state index in [0.29, 0.717) is 82.7 Å². The van der Waals surface area contributed by atoms with Crippen LogP contribution in [-0.2, 0) is 78.7 Å². The third-order valence-electron chi connectivity index (χ3n) is 16.7. The van der Waals surface area contributed by atoms with Gasteiger partial charge in [-0.25, -0.2) is 24.0 Å². The van der Waals surface area contributed by atoms with E-state index in [1.165, 1.54) is 48.3 Å². The van der Waals surface area contributed by atoms with Crippen molar-refractivity contribution in [3.8, 4) is 11.5 Å². The molecule has 0 saturated heterocycles. The molecule has 0 atom stereocenters. The van der Waals surface area contributed by atoms with Crippen molar-refractivity contribution < 1.29 is 85.9 Å². The molecule has 0 radical (unpaired) electrons. The van der Waals surface area contributed by atoms with Crippen LogP contribution in [0.5, 0.6) is 11.5 Å². The molecule has 0 aliphatic carbocycles. The summed E-state index contributed by atoms with van der Waals surface area (Å²) in [5, 5.41) is 11.3. The Morgan fingerprint density at radius 2 is 0.864 bits per heavy atom. The molecule has 6 rings (SSSR count). The number of carbonyl (C=O) groups is 11. The highest BCUT2D eigenvalue weighted by Crippen LogP contribution is 2.30. The van der Waals surface area contributed by atoms with Crippen molar-refractivity contribution in [2.45, 2.75) is 170 Å². The molecule has 0 fully saturated rings. The van der Waals surface area contributed by atoms with E-state index in [-0.39, 0.29) is 69.2 Å². The van der Waals surface area contributed by atoms with Gasteiger partial charge >= 0.3 is 36.2 Å². The normalized spacial score (nSPS) is 12.2. The van der Waals surface area contributed by atoms with Gasteiger partial charge in [0.05, 0.1) is 57.3 Å². The first-order chi connectivity index (χ1) is 51.7. The van der Waals surface area contributed by atoms with Crippen molar-refractivity contribution in [3.05, 3.63) is 205 Å². The zero-order valence-electron chi connectivity index (χ0n) is 65.4. The van der Waals surface area contributed by atoms with Gasteiger partial charge in [0.2, 0.25) is 5.91 Å². The van der Waals surface area contributed by atoms with Crippen LogP contribution in [0.15, 0.2) is 166 Å². The summed E-state index contributed by atoms with van der Waals surface area (Å²) in [4.78, 5) is 130. The van der Waals surface area contributed by atoms with E-state index in [2.05, 4.69) is 52.3 Å². The molecule has 0 saturated carbocycles. The number of amides is 8. The van der Waals surface area contributed by atoms with E-state index >= 15 is 0 Å². The lowest BCUT2D eigenvalue weighted by Crippen LogP contribution is -2.41. The lowest BCUT2D eigenvalue weighted by molar-refractivity contribution is -0.138. The van der Waals surface area contributed by atoms with E-state index in [1.807, 2.05) is 160 Å². The molecule has 0 aromatic heterocycles. The van der Waals surface area contributed by atoms with Gasteiger partial charge in [-0.1, -0.05) is 130 Å². The number of allylic oxidation sites excluding steroid dienone is 4. The fourth-order valence-electron chi connectivity index (χ4n) is 10.2. The van der Waals surface area contributed by atoms with Crippen molar-refractivity contribution in [2.75, 3.05) is 60.3 Å². The second-order valence-corrected chi connectivity index (χ2v) is 27.1. The Bertz CT molecular complexity index is 3920. The Morgan fingerprint density at radius 3 is 1.25 bits per heavy atom. The standard InChI is InChI=1S/C23H32N2O5.C22H28N2O4.C20H23NO5.C20H27NO4.CH4/c1-17(2)18-10-9-11-19(16-18)23(3,4)25-22(28)30-15-8-6-7-14-24-20(26)12-13-21(27)29-5;1-16(2)17-9-8-10-18(15-17)22(3,4)23-21(27)28-14-7-5-6-13-24-19(25)11-12-20(24)26;1-3-7-15-9-10-16(17(14-15)25-2)26-20(24)8-5-4-6-13-21-18(22)11-12-19(21)23;1-6-18(22)24-12-7-8-13-25-19(23)21-20(4,5)17-11-9-10-16(14-17)15(2)3;/h9-13,16H,1,6-8,14-15H2,2-5H3,(H,24,26)(H,25,28);8-12,15H,1,5-7,13-14H2,2-4H3,(H,23,27);3,7,9-12,14H,4-6,8,13H2,1-2H3;6,9-11,14H,1-2,7-8,12-13H2,3-5H3,(H,21,23);1H4/b13-12-;;;;. The van der Waals surface area contributed by atoms with Crippen molar-refractivity contribution in [3.63, 3.8) is 0 Å². The van der Waals surface area contributed by atoms with Crippen LogP contribution in [0.3, 0.4) is 0 Å². The Kier molecular flexibility index (Phi) is 42.6. The topological polar surface area (TPSA) is 307 Å². The summed E-state index contributed by atoms with van der Waals surface area (Å²) in [7, 11) is 2.77. The molecule has 0 unspecified atom stereocenters. The number of hydrogen-bond donors (Lipinski definition) is 4. The number of imide groups is 2. The van der Waals surface area contributed by atoms with Gasteiger partial charge in [-0.2, -0.15) is 0 Å². The Balaban J connectivity index is 0.000000497. The maximum absolute atomic E-state index is 12.1. The third-order valence-corrected chi connectivity index (χ3v) is 16.7. The fraction of sp³-hybridized carbons (Fsp3) is 0.407. The predicted molar refractivity (Wildman–Crippen MR) is 428 cm³/mol. The molecule has 4 N–H and O–H groups in total. The van der Waals surface area contributed by atoms with E-state index in [9.17, 15) is 52.7 Å². The minimum absolute atomic E-state index is 0. The van der Waals surface area contributed by atoms with Crippen LogP contribution in [-0.4, -0.2) is 136 Å². The minimum Gasteiger partial charge on any atom is -0.493 e. The van der Waals surface area contributed by atoms with Gasteiger partial charge in [-0.3, -0.25) is 38.6 Å². The van der Waals surface area contributed by atoms with Gasteiger partial charge < -0.3 is 54.4 Å². The molecular formula is C86H114N6O18. The Labute approximate surface area is 649 Å². The van der Waals surface area contributed by atoms with Crippen LogP contribution in [0.2, 0.25) is 0 Å². The van der Waals surface area contributed by atoms with E-state index in [1.54, 1.807) is 12.1 Å². The summed E-state index contributed by atoms with van der Waals surface area (Å²) < 4.78 is 35.6. The van der Waals surface area contributed by atoms with E-state index in [0.717, 1.165) is 99.6 Å². The highest BCUT2D eigenvalue weighted by Gasteiger charge is 2.28.